The first-order valence-electron chi connectivity index (χ1n) is 5.69. The smallest absolute Gasteiger partial charge is 0.337 e. The molecule has 0 saturated heterocycles. The molecule has 0 saturated carbocycles. The molecule has 1 rings (SSSR count). The van der Waals surface area contributed by atoms with Crippen LogP contribution in [0.15, 0.2) is 24.3 Å². The summed E-state index contributed by atoms with van der Waals surface area (Å²) < 4.78 is 0. The first-order chi connectivity index (χ1) is 8.36. The largest absolute Gasteiger partial charge is 0.478 e. The van der Waals surface area contributed by atoms with Crippen LogP contribution in [0.25, 0.3) is 0 Å². The maximum atomic E-state index is 12.1. The summed E-state index contributed by atoms with van der Waals surface area (Å²) >= 11 is 0. The Balaban J connectivity index is 3.07. The van der Waals surface area contributed by atoms with Crippen molar-refractivity contribution in [1.82, 2.24) is 4.90 Å². The maximum absolute atomic E-state index is 12.1. The Morgan fingerprint density at radius 1 is 1.17 bits per heavy atom. The molecule has 0 bridgehead atoms. The van der Waals surface area contributed by atoms with Gasteiger partial charge in [-0.15, -0.1) is 0 Å². The molecular formula is C13H18N2O3. The number of rotatable bonds is 3. The molecule has 1 aromatic rings. The van der Waals surface area contributed by atoms with Crippen LogP contribution >= 0.6 is 0 Å². The van der Waals surface area contributed by atoms with Crippen molar-refractivity contribution in [1.29, 1.82) is 0 Å². The van der Waals surface area contributed by atoms with E-state index >= 15 is 0 Å². The molecule has 1 N–H and O–H groups in total. The minimum Gasteiger partial charge on any atom is -0.478 e. The molecule has 0 atom stereocenters. The summed E-state index contributed by atoms with van der Waals surface area (Å²) in [5.74, 6) is -1.04. The van der Waals surface area contributed by atoms with Crippen LogP contribution in [0.2, 0.25) is 0 Å². The summed E-state index contributed by atoms with van der Waals surface area (Å²) in [5, 5.41) is 9.09. The fraction of sp³-hybridized carbons (Fsp3) is 0.385. The first kappa shape index (κ1) is 14.0. The summed E-state index contributed by atoms with van der Waals surface area (Å²) in [6, 6.07) is 6.26. The quantitative estimate of drug-likeness (QED) is 0.895. The number of aromatic carboxylic acids is 1. The Kier molecular flexibility index (Phi) is 4.31. The maximum Gasteiger partial charge on any atom is 0.337 e. The Morgan fingerprint density at radius 3 is 2.22 bits per heavy atom. The topological polar surface area (TPSA) is 60.9 Å². The zero-order valence-electron chi connectivity index (χ0n) is 11.0. The second-order valence-electron chi connectivity index (χ2n) is 4.37. The van der Waals surface area contributed by atoms with Crippen molar-refractivity contribution in [3.05, 3.63) is 29.8 Å². The minimum absolute atomic E-state index is 0.0527. The summed E-state index contributed by atoms with van der Waals surface area (Å²) in [6.45, 7) is 3.80. The van der Waals surface area contributed by atoms with E-state index in [0.29, 0.717) is 5.69 Å². The third-order valence-electron chi connectivity index (χ3n) is 2.86. The van der Waals surface area contributed by atoms with Gasteiger partial charge in [-0.25, -0.2) is 9.59 Å². The third kappa shape index (κ3) is 2.80. The van der Waals surface area contributed by atoms with Gasteiger partial charge in [0.25, 0.3) is 0 Å². The van der Waals surface area contributed by atoms with Gasteiger partial charge in [-0.2, -0.15) is 0 Å². The lowest BCUT2D eigenvalue weighted by Crippen LogP contribution is -2.42. The van der Waals surface area contributed by atoms with Crippen LogP contribution in [0.3, 0.4) is 0 Å². The van der Waals surface area contributed by atoms with E-state index in [-0.39, 0.29) is 17.6 Å². The molecule has 5 heteroatoms. The van der Waals surface area contributed by atoms with Crippen LogP contribution in [0.1, 0.15) is 24.2 Å². The average molecular weight is 250 g/mol. The molecule has 0 fully saturated rings. The molecule has 0 spiro atoms. The van der Waals surface area contributed by atoms with Gasteiger partial charge in [-0.1, -0.05) is 12.1 Å². The van der Waals surface area contributed by atoms with Gasteiger partial charge in [-0.05, 0) is 26.0 Å². The van der Waals surface area contributed by atoms with Crippen molar-refractivity contribution in [2.24, 2.45) is 0 Å². The number of benzene rings is 1. The highest BCUT2D eigenvalue weighted by atomic mass is 16.4. The molecular weight excluding hydrogens is 232 g/mol. The average Bonchev–Trinajstić information content (AvgIpc) is 2.35. The predicted octanol–water partition coefficient (Wildman–Crippen LogP) is 2.28. The second-order valence-corrected chi connectivity index (χ2v) is 4.37. The normalized spacial score (nSPS) is 10.3. The number of amides is 2. The van der Waals surface area contributed by atoms with E-state index in [9.17, 15) is 9.59 Å². The van der Waals surface area contributed by atoms with E-state index in [4.69, 9.17) is 5.11 Å². The van der Waals surface area contributed by atoms with E-state index in [1.165, 1.54) is 11.0 Å². The first-order valence-corrected chi connectivity index (χ1v) is 5.69. The van der Waals surface area contributed by atoms with Crippen LogP contribution < -0.4 is 4.90 Å². The zero-order chi connectivity index (χ0) is 13.9. The molecule has 98 valence electrons. The highest BCUT2D eigenvalue weighted by molar-refractivity contribution is 6.01. The van der Waals surface area contributed by atoms with Gasteiger partial charge in [0.1, 0.15) is 0 Å². The predicted molar refractivity (Wildman–Crippen MR) is 70.1 cm³/mol. The third-order valence-corrected chi connectivity index (χ3v) is 2.86. The number of anilines is 1. The second kappa shape index (κ2) is 5.53. The summed E-state index contributed by atoms with van der Waals surface area (Å²) in [7, 11) is 3.26. The Hall–Kier alpha value is -2.04. The van der Waals surface area contributed by atoms with E-state index in [0.717, 1.165) is 0 Å². The summed E-state index contributed by atoms with van der Waals surface area (Å²) in [6.07, 6.45) is 0. The molecule has 2 amide bonds. The van der Waals surface area contributed by atoms with Crippen LogP contribution in [0, 0.1) is 0 Å². The molecule has 5 nitrogen and oxygen atoms in total. The Morgan fingerprint density at radius 2 is 1.72 bits per heavy atom. The van der Waals surface area contributed by atoms with Gasteiger partial charge in [0, 0.05) is 20.1 Å². The highest BCUT2D eigenvalue weighted by Gasteiger charge is 2.21. The number of carbonyl (C=O) groups is 2. The lowest BCUT2D eigenvalue weighted by atomic mass is 10.1. The van der Waals surface area contributed by atoms with Gasteiger partial charge in [0.15, 0.2) is 0 Å². The number of nitrogens with zero attached hydrogens (tertiary/aromatic N) is 2. The number of urea groups is 1. The molecule has 0 aliphatic heterocycles. The van der Waals surface area contributed by atoms with Crippen molar-refractivity contribution >= 4 is 17.7 Å². The van der Waals surface area contributed by atoms with Crippen molar-refractivity contribution in [3.63, 3.8) is 0 Å². The fourth-order valence-corrected chi connectivity index (χ4v) is 1.51. The van der Waals surface area contributed by atoms with Gasteiger partial charge >= 0.3 is 12.0 Å². The standard InChI is InChI=1S/C13H18N2O3/c1-9(2)14(3)13(18)15(4)11-8-6-5-7-10(11)12(16)17/h5-9H,1-4H3,(H,16,17). The molecule has 0 radical (unpaired) electrons. The van der Waals surface area contributed by atoms with Crippen LogP contribution in [-0.2, 0) is 0 Å². The lowest BCUT2D eigenvalue weighted by Gasteiger charge is -2.28. The van der Waals surface area contributed by atoms with Gasteiger partial charge in [0.05, 0.1) is 11.3 Å². The molecule has 0 unspecified atom stereocenters. The fourth-order valence-electron chi connectivity index (χ4n) is 1.51. The number of hydrogen-bond donors (Lipinski definition) is 1. The van der Waals surface area contributed by atoms with Crippen LogP contribution in [0.5, 0.6) is 0 Å². The van der Waals surface area contributed by atoms with Gasteiger partial charge in [-0.3, -0.25) is 4.90 Å². The molecule has 0 aliphatic rings. The Labute approximate surface area is 107 Å². The molecule has 1 aromatic carbocycles. The zero-order valence-corrected chi connectivity index (χ0v) is 11.0. The molecule has 0 heterocycles. The summed E-state index contributed by atoms with van der Waals surface area (Å²) in [5.41, 5.74) is 0.507. The van der Waals surface area contributed by atoms with Crippen LogP contribution in [-0.4, -0.2) is 42.1 Å². The number of para-hydroxylation sites is 1. The van der Waals surface area contributed by atoms with E-state index in [2.05, 4.69) is 0 Å². The SMILES string of the molecule is CC(C)N(C)C(=O)N(C)c1ccccc1C(=O)O. The number of carbonyl (C=O) groups excluding carboxylic acids is 1. The highest BCUT2D eigenvalue weighted by Crippen LogP contribution is 2.20. The molecule has 0 aliphatic carbocycles. The van der Waals surface area contributed by atoms with Crippen molar-refractivity contribution in [2.45, 2.75) is 19.9 Å². The van der Waals surface area contributed by atoms with Gasteiger partial charge in [0.2, 0.25) is 0 Å². The van der Waals surface area contributed by atoms with E-state index in [1.807, 2.05) is 13.8 Å². The summed E-state index contributed by atoms with van der Waals surface area (Å²) in [4.78, 5) is 26.1. The van der Waals surface area contributed by atoms with Crippen molar-refractivity contribution in [2.75, 3.05) is 19.0 Å². The van der Waals surface area contributed by atoms with Crippen molar-refractivity contribution < 1.29 is 14.7 Å². The molecule has 18 heavy (non-hydrogen) atoms. The molecule has 0 aromatic heterocycles. The lowest BCUT2D eigenvalue weighted by molar-refractivity contribution is 0.0697. The minimum atomic E-state index is -1.04. The number of carboxylic acids is 1. The Bertz CT molecular complexity index is 457. The monoisotopic (exact) mass is 250 g/mol. The van der Waals surface area contributed by atoms with E-state index < -0.39 is 5.97 Å². The number of hydrogen-bond acceptors (Lipinski definition) is 2. The number of carboxylic acid groups (broad SMARTS) is 1. The van der Waals surface area contributed by atoms with Crippen LogP contribution in [0.4, 0.5) is 10.5 Å². The van der Waals surface area contributed by atoms with E-state index in [1.54, 1.807) is 37.2 Å². The van der Waals surface area contributed by atoms with Gasteiger partial charge < -0.3 is 10.0 Å². The van der Waals surface area contributed by atoms with Crippen molar-refractivity contribution in [3.8, 4) is 0 Å².